The van der Waals surface area contributed by atoms with E-state index in [-0.39, 0.29) is 17.4 Å². The highest BCUT2D eigenvalue weighted by Gasteiger charge is 2.20. The number of morpholine rings is 1. The van der Waals surface area contributed by atoms with Gasteiger partial charge in [-0.15, -0.1) is 0 Å². The zero-order valence-electron chi connectivity index (χ0n) is 13.5. The number of hydrogen-bond donors (Lipinski definition) is 1. The molecule has 0 unspecified atom stereocenters. The molecule has 6 nitrogen and oxygen atoms in total. The number of benzene rings is 2. The summed E-state index contributed by atoms with van der Waals surface area (Å²) in [6.07, 6.45) is 0. The van der Waals surface area contributed by atoms with Gasteiger partial charge in [-0.25, -0.2) is 9.37 Å². The minimum Gasteiger partial charge on any atom is -0.505 e. The number of hydrogen-bond acceptors (Lipinski definition) is 5. The Hall–Kier alpha value is -3.00. The van der Waals surface area contributed by atoms with Crippen LogP contribution in [-0.4, -0.2) is 47.2 Å². The van der Waals surface area contributed by atoms with Crippen LogP contribution in [-0.2, 0) is 4.74 Å². The molecular formula is C18H14F2N2O4. The van der Waals surface area contributed by atoms with Crippen molar-refractivity contribution in [2.75, 3.05) is 26.3 Å². The highest BCUT2D eigenvalue weighted by atomic mass is 19.2. The fourth-order valence-electron chi connectivity index (χ4n) is 2.83. The van der Waals surface area contributed by atoms with Crippen LogP contribution in [0.2, 0.25) is 0 Å². The van der Waals surface area contributed by atoms with E-state index in [1.54, 1.807) is 23.1 Å². The monoisotopic (exact) mass is 360 g/mol. The number of rotatable bonds is 2. The van der Waals surface area contributed by atoms with Crippen molar-refractivity contribution >= 4 is 17.0 Å². The average Bonchev–Trinajstić information content (AvgIpc) is 3.09. The van der Waals surface area contributed by atoms with Gasteiger partial charge in [0.25, 0.3) is 5.91 Å². The third kappa shape index (κ3) is 2.88. The van der Waals surface area contributed by atoms with Gasteiger partial charge in [0.2, 0.25) is 5.89 Å². The molecule has 0 atom stereocenters. The zero-order chi connectivity index (χ0) is 18.3. The van der Waals surface area contributed by atoms with Crippen molar-refractivity contribution in [3.05, 3.63) is 47.5 Å². The molecular weight excluding hydrogens is 346 g/mol. The van der Waals surface area contributed by atoms with Gasteiger partial charge in [-0.05, 0) is 30.3 Å². The average molecular weight is 360 g/mol. The Morgan fingerprint density at radius 1 is 1.15 bits per heavy atom. The first-order valence-corrected chi connectivity index (χ1v) is 7.99. The summed E-state index contributed by atoms with van der Waals surface area (Å²) in [7, 11) is 0. The third-order valence-corrected chi connectivity index (χ3v) is 4.19. The molecule has 3 aromatic rings. The highest BCUT2D eigenvalue weighted by molar-refractivity contribution is 5.97. The van der Waals surface area contributed by atoms with Crippen molar-refractivity contribution in [2.24, 2.45) is 0 Å². The lowest BCUT2D eigenvalue weighted by molar-refractivity contribution is 0.0303. The molecule has 1 saturated heterocycles. The van der Waals surface area contributed by atoms with Gasteiger partial charge in [0.05, 0.1) is 13.2 Å². The van der Waals surface area contributed by atoms with E-state index in [0.717, 1.165) is 12.1 Å². The van der Waals surface area contributed by atoms with E-state index in [0.29, 0.717) is 43.0 Å². The number of aromatic nitrogens is 1. The largest absolute Gasteiger partial charge is 0.505 e. The summed E-state index contributed by atoms with van der Waals surface area (Å²) in [5.74, 6) is -3.48. The molecule has 26 heavy (non-hydrogen) atoms. The second kappa shape index (κ2) is 6.38. The second-order valence-corrected chi connectivity index (χ2v) is 5.90. The molecule has 0 aliphatic carbocycles. The van der Waals surface area contributed by atoms with Gasteiger partial charge in [-0.3, -0.25) is 4.79 Å². The first-order chi connectivity index (χ1) is 12.5. The first kappa shape index (κ1) is 16.5. The van der Waals surface area contributed by atoms with Crippen molar-refractivity contribution in [3.8, 4) is 17.2 Å². The van der Waals surface area contributed by atoms with E-state index in [4.69, 9.17) is 9.15 Å². The van der Waals surface area contributed by atoms with Gasteiger partial charge in [-0.1, -0.05) is 0 Å². The lowest BCUT2D eigenvalue weighted by Gasteiger charge is -2.26. The molecule has 0 bridgehead atoms. The summed E-state index contributed by atoms with van der Waals surface area (Å²) in [6, 6.07) is 6.72. The van der Waals surface area contributed by atoms with E-state index in [9.17, 15) is 18.7 Å². The number of phenolic OH excluding ortho intramolecular Hbond substituents is 1. The van der Waals surface area contributed by atoms with Crippen LogP contribution in [0.25, 0.3) is 22.6 Å². The minimum atomic E-state index is -1.33. The van der Waals surface area contributed by atoms with E-state index in [2.05, 4.69) is 4.98 Å². The molecule has 1 fully saturated rings. The van der Waals surface area contributed by atoms with Gasteiger partial charge < -0.3 is 19.2 Å². The zero-order valence-corrected chi connectivity index (χ0v) is 13.5. The number of carbonyl (C=O) groups is 1. The summed E-state index contributed by atoms with van der Waals surface area (Å²) in [6.45, 7) is 2.05. The number of halogens is 2. The summed E-state index contributed by atoms with van der Waals surface area (Å²) in [5, 5.41) is 9.43. The van der Waals surface area contributed by atoms with E-state index in [1.807, 2.05) is 0 Å². The fourth-order valence-corrected chi connectivity index (χ4v) is 2.83. The molecule has 8 heteroatoms. The number of amides is 1. The van der Waals surface area contributed by atoms with Gasteiger partial charge in [0.15, 0.2) is 23.0 Å². The van der Waals surface area contributed by atoms with Crippen LogP contribution in [0, 0.1) is 11.6 Å². The van der Waals surface area contributed by atoms with E-state index < -0.39 is 17.4 Å². The topological polar surface area (TPSA) is 75.8 Å². The SMILES string of the molecule is O=C(c1ccc2oc(-c3cc(O)c(F)c(F)c3)nc2c1)N1CCOCC1. The third-order valence-electron chi connectivity index (χ3n) is 4.19. The van der Waals surface area contributed by atoms with Crippen molar-refractivity contribution in [1.82, 2.24) is 9.88 Å². The number of carbonyl (C=O) groups excluding carboxylic acids is 1. The van der Waals surface area contributed by atoms with Crippen molar-refractivity contribution in [3.63, 3.8) is 0 Å². The van der Waals surface area contributed by atoms with Crippen LogP contribution in [0.15, 0.2) is 34.7 Å². The maximum atomic E-state index is 13.5. The standard InChI is InChI=1S/C18H14F2N2O4/c19-12-7-11(9-14(23)16(12)20)17-21-13-8-10(1-2-15(13)26-17)18(24)22-3-5-25-6-4-22/h1-2,7-9,23H,3-6H2. The Morgan fingerprint density at radius 2 is 1.92 bits per heavy atom. The van der Waals surface area contributed by atoms with Crippen molar-refractivity contribution in [1.29, 1.82) is 0 Å². The second-order valence-electron chi connectivity index (χ2n) is 5.90. The molecule has 0 spiro atoms. The predicted octanol–water partition coefficient (Wildman–Crippen LogP) is 2.95. The molecule has 1 aliphatic heterocycles. The Labute approximate surface area is 146 Å². The summed E-state index contributed by atoms with van der Waals surface area (Å²) in [5.41, 5.74) is 1.34. The lowest BCUT2D eigenvalue weighted by Crippen LogP contribution is -2.40. The maximum Gasteiger partial charge on any atom is 0.254 e. The smallest absolute Gasteiger partial charge is 0.254 e. The van der Waals surface area contributed by atoms with Gasteiger partial charge in [-0.2, -0.15) is 4.39 Å². The van der Waals surface area contributed by atoms with Gasteiger partial charge >= 0.3 is 0 Å². The minimum absolute atomic E-state index is 0.0187. The van der Waals surface area contributed by atoms with Crippen molar-refractivity contribution in [2.45, 2.75) is 0 Å². The van der Waals surface area contributed by atoms with Crippen LogP contribution in [0.1, 0.15) is 10.4 Å². The highest BCUT2D eigenvalue weighted by Crippen LogP contribution is 2.30. The van der Waals surface area contributed by atoms with Crippen LogP contribution in [0.5, 0.6) is 5.75 Å². The number of oxazole rings is 1. The van der Waals surface area contributed by atoms with Crippen LogP contribution < -0.4 is 0 Å². The Morgan fingerprint density at radius 3 is 2.65 bits per heavy atom. The molecule has 2 aromatic carbocycles. The molecule has 1 aromatic heterocycles. The van der Waals surface area contributed by atoms with Gasteiger partial charge in [0.1, 0.15) is 5.52 Å². The molecule has 4 rings (SSSR count). The first-order valence-electron chi connectivity index (χ1n) is 7.99. The van der Waals surface area contributed by atoms with Crippen LogP contribution in [0.3, 0.4) is 0 Å². The molecule has 2 heterocycles. The quantitative estimate of drug-likeness (QED) is 0.760. The summed E-state index contributed by atoms with van der Waals surface area (Å²) in [4.78, 5) is 18.4. The maximum absolute atomic E-state index is 13.5. The Kier molecular flexibility index (Phi) is 4.04. The normalized spacial score (nSPS) is 14.8. The van der Waals surface area contributed by atoms with Crippen LogP contribution in [0.4, 0.5) is 8.78 Å². The number of fused-ring (bicyclic) bond motifs is 1. The molecule has 1 aliphatic rings. The Balaban J connectivity index is 1.69. The summed E-state index contributed by atoms with van der Waals surface area (Å²) < 4.78 is 37.5. The number of phenols is 1. The molecule has 0 saturated carbocycles. The molecule has 1 amide bonds. The van der Waals surface area contributed by atoms with Gasteiger partial charge in [0, 0.05) is 24.2 Å². The van der Waals surface area contributed by atoms with Crippen molar-refractivity contribution < 1.29 is 27.8 Å². The summed E-state index contributed by atoms with van der Waals surface area (Å²) >= 11 is 0. The predicted molar refractivity (Wildman–Crippen MR) is 87.7 cm³/mol. The van der Waals surface area contributed by atoms with E-state index in [1.165, 1.54) is 0 Å². The van der Waals surface area contributed by atoms with E-state index >= 15 is 0 Å². The lowest BCUT2D eigenvalue weighted by atomic mass is 10.1. The van der Waals surface area contributed by atoms with Crippen LogP contribution >= 0.6 is 0 Å². The molecule has 1 N–H and O–H groups in total. The Bertz CT molecular complexity index is 973. The number of nitrogens with zero attached hydrogens (tertiary/aromatic N) is 2. The number of ether oxygens (including phenoxy) is 1. The molecule has 134 valence electrons. The fraction of sp³-hybridized carbons (Fsp3) is 0.222. The number of aromatic hydroxyl groups is 1. The molecule has 0 radical (unpaired) electrons.